The number of hydrogen-bond donors (Lipinski definition) is 1. The van der Waals surface area contributed by atoms with E-state index >= 15 is 0 Å². The molecule has 2 heterocycles. The van der Waals surface area contributed by atoms with E-state index in [0.717, 1.165) is 16.5 Å². The molecule has 0 aliphatic carbocycles. The number of Topliss-reactive ketones (excluding diaryl/α,β-unsaturated/α-hetero) is 1. The van der Waals surface area contributed by atoms with Crippen molar-refractivity contribution in [3.05, 3.63) is 81.4 Å². The SMILES string of the molecule is COCCC(C(=O)Cc1ccc2[nH]ncc2c1)n1cc(OC)c(-c2cc(Cl)ccc2C#N)cc1=O. The van der Waals surface area contributed by atoms with Crippen LogP contribution < -0.4 is 10.3 Å². The maximum atomic E-state index is 13.4. The molecule has 1 unspecified atom stereocenters. The number of fused-ring (bicyclic) bond motifs is 1. The molecule has 0 fully saturated rings. The number of hydrogen-bond acceptors (Lipinski definition) is 6. The Hall–Kier alpha value is -3.93. The Bertz CT molecular complexity index is 1480. The predicted octanol–water partition coefficient (Wildman–Crippen LogP) is 4.31. The number of carbonyl (C=O) groups is 1. The lowest BCUT2D eigenvalue weighted by Gasteiger charge is -2.21. The van der Waals surface area contributed by atoms with Gasteiger partial charge in [-0.2, -0.15) is 10.4 Å². The minimum atomic E-state index is -0.764. The first kappa shape index (κ1) is 24.2. The Kier molecular flexibility index (Phi) is 7.30. The average Bonchev–Trinajstić information content (AvgIpc) is 3.32. The van der Waals surface area contributed by atoms with Gasteiger partial charge in [-0.15, -0.1) is 0 Å². The molecule has 0 amide bonds. The number of pyridine rings is 1. The average molecular weight is 491 g/mol. The summed E-state index contributed by atoms with van der Waals surface area (Å²) in [7, 11) is 3.01. The summed E-state index contributed by atoms with van der Waals surface area (Å²) in [6.45, 7) is 0.292. The van der Waals surface area contributed by atoms with Crippen molar-refractivity contribution in [1.29, 1.82) is 5.26 Å². The summed E-state index contributed by atoms with van der Waals surface area (Å²) in [6, 6.07) is 13.2. The number of ether oxygens (including phenoxy) is 2. The van der Waals surface area contributed by atoms with Crippen molar-refractivity contribution in [1.82, 2.24) is 14.8 Å². The Morgan fingerprint density at radius 1 is 1.20 bits per heavy atom. The molecule has 0 bridgehead atoms. The van der Waals surface area contributed by atoms with Crippen LogP contribution in [-0.4, -0.2) is 41.4 Å². The van der Waals surface area contributed by atoms with Gasteiger partial charge >= 0.3 is 0 Å². The smallest absolute Gasteiger partial charge is 0.252 e. The third-order valence-electron chi connectivity index (χ3n) is 5.84. The predicted molar refractivity (Wildman–Crippen MR) is 133 cm³/mol. The van der Waals surface area contributed by atoms with Gasteiger partial charge in [-0.05, 0) is 42.3 Å². The molecule has 1 N–H and O–H groups in total. The van der Waals surface area contributed by atoms with E-state index in [1.807, 2.05) is 18.2 Å². The number of nitriles is 1. The van der Waals surface area contributed by atoms with Crippen LogP contribution in [0.1, 0.15) is 23.6 Å². The van der Waals surface area contributed by atoms with Crippen LogP contribution in [0.2, 0.25) is 5.02 Å². The van der Waals surface area contributed by atoms with E-state index in [4.69, 9.17) is 21.1 Å². The standard InChI is InChI=1S/C26H23ClN4O4/c1-34-8-7-23(24(32)10-16-3-6-22-18(9-16)14-29-30-22)31-15-25(35-2)21(12-26(31)33)20-11-19(27)5-4-17(20)13-28/h3-6,9,11-12,14-15,23H,7-8,10H2,1-2H3,(H,29,30). The van der Waals surface area contributed by atoms with Crippen molar-refractivity contribution >= 4 is 28.3 Å². The van der Waals surface area contributed by atoms with Crippen LogP contribution in [-0.2, 0) is 16.0 Å². The monoisotopic (exact) mass is 490 g/mol. The van der Waals surface area contributed by atoms with Gasteiger partial charge < -0.3 is 14.0 Å². The zero-order chi connectivity index (χ0) is 24.9. The lowest BCUT2D eigenvalue weighted by molar-refractivity contribution is -0.122. The normalized spacial score (nSPS) is 11.8. The van der Waals surface area contributed by atoms with Crippen LogP contribution in [0.25, 0.3) is 22.0 Å². The van der Waals surface area contributed by atoms with Gasteiger partial charge in [-0.3, -0.25) is 14.7 Å². The van der Waals surface area contributed by atoms with Crippen molar-refractivity contribution in [3.8, 4) is 22.9 Å². The quantitative estimate of drug-likeness (QED) is 0.374. The van der Waals surface area contributed by atoms with E-state index in [1.165, 1.54) is 23.9 Å². The fourth-order valence-corrected chi connectivity index (χ4v) is 4.26. The van der Waals surface area contributed by atoms with Crippen molar-refractivity contribution < 1.29 is 14.3 Å². The first-order valence-corrected chi connectivity index (χ1v) is 11.3. The number of halogens is 1. The van der Waals surface area contributed by atoms with E-state index in [1.54, 1.807) is 31.5 Å². The van der Waals surface area contributed by atoms with Crippen LogP contribution in [0.15, 0.2) is 59.7 Å². The molecule has 0 radical (unpaired) electrons. The summed E-state index contributed by atoms with van der Waals surface area (Å²) in [5, 5.41) is 17.8. The Morgan fingerprint density at radius 3 is 2.77 bits per heavy atom. The lowest BCUT2D eigenvalue weighted by Crippen LogP contribution is -2.31. The maximum absolute atomic E-state index is 13.4. The number of rotatable bonds is 9. The maximum Gasteiger partial charge on any atom is 0.252 e. The summed E-state index contributed by atoms with van der Waals surface area (Å²) in [5.41, 5.74) is 2.56. The zero-order valence-electron chi connectivity index (χ0n) is 19.2. The molecule has 2 aromatic carbocycles. The Balaban J connectivity index is 1.74. The number of aromatic nitrogens is 3. The van der Waals surface area contributed by atoms with Crippen LogP contribution >= 0.6 is 11.6 Å². The molecular weight excluding hydrogens is 468 g/mol. The molecule has 0 aliphatic heterocycles. The minimum Gasteiger partial charge on any atom is -0.495 e. The molecule has 4 aromatic rings. The summed E-state index contributed by atoms with van der Waals surface area (Å²) < 4.78 is 12.1. The molecule has 4 rings (SSSR count). The third-order valence-corrected chi connectivity index (χ3v) is 6.08. The van der Waals surface area contributed by atoms with E-state index in [9.17, 15) is 14.9 Å². The highest BCUT2D eigenvalue weighted by molar-refractivity contribution is 6.31. The number of benzene rings is 2. The fourth-order valence-electron chi connectivity index (χ4n) is 4.09. The molecule has 0 aliphatic rings. The van der Waals surface area contributed by atoms with E-state index in [2.05, 4.69) is 16.3 Å². The molecule has 2 aromatic heterocycles. The van der Waals surface area contributed by atoms with Crippen LogP contribution in [0.5, 0.6) is 5.75 Å². The molecule has 178 valence electrons. The second-order valence-electron chi connectivity index (χ2n) is 8.03. The van der Waals surface area contributed by atoms with Gasteiger partial charge in [0.15, 0.2) is 5.78 Å². The molecular formula is C26H23ClN4O4. The Labute approximate surface area is 206 Å². The molecule has 0 saturated carbocycles. The lowest BCUT2D eigenvalue weighted by atomic mass is 9.98. The van der Waals surface area contributed by atoms with Crippen LogP contribution in [0, 0.1) is 11.3 Å². The van der Waals surface area contributed by atoms with Gasteiger partial charge in [-0.1, -0.05) is 17.7 Å². The largest absolute Gasteiger partial charge is 0.495 e. The second kappa shape index (κ2) is 10.6. The molecule has 9 heteroatoms. The minimum absolute atomic E-state index is 0.137. The highest BCUT2D eigenvalue weighted by Crippen LogP contribution is 2.33. The fraction of sp³-hybridized carbons (Fsp3) is 0.231. The number of aromatic amines is 1. The van der Waals surface area contributed by atoms with Gasteiger partial charge in [0.2, 0.25) is 0 Å². The number of nitrogens with one attached hydrogen (secondary N) is 1. The second-order valence-corrected chi connectivity index (χ2v) is 8.47. The first-order valence-electron chi connectivity index (χ1n) is 10.9. The Morgan fingerprint density at radius 2 is 2.03 bits per heavy atom. The van der Waals surface area contributed by atoms with Gasteiger partial charge in [0, 0.05) is 47.7 Å². The number of nitrogens with zero attached hydrogens (tertiary/aromatic N) is 3. The zero-order valence-corrected chi connectivity index (χ0v) is 20.0. The number of H-pyrrole nitrogens is 1. The van der Waals surface area contributed by atoms with Crippen LogP contribution in [0.3, 0.4) is 0 Å². The highest BCUT2D eigenvalue weighted by Gasteiger charge is 2.24. The summed E-state index contributed by atoms with van der Waals surface area (Å²) >= 11 is 6.15. The van der Waals surface area contributed by atoms with Crippen molar-refractivity contribution in [3.63, 3.8) is 0 Å². The van der Waals surface area contributed by atoms with Gasteiger partial charge in [0.25, 0.3) is 5.56 Å². The summed E-state index contributed by atoms with van der Waals surface area (Å²) in [5.74, 6) is 0.209. The summed E-state index contributed by atoms with van der Waals surface area (Å²) in [4.78, 5) is 26.7. The van der Waals surface area contributed by atoms with Crippen molar-refractivity contribution in [2.45, 2.75) is 18.9 Å². The van der Waals surface area contributed by atoms with Gasteiger partial charge in [0.1, 0.15) is 5.75 Å². The first-order chi connectivity index (χ1) is 16.9. The van der Waals surface area contributed by atoms with Crippen molar-refractivity contribution in [2.24, 2.45) is 0 Å². The van der Waals surface area contributed by atoms with Gasteiger partial charge in [0.05, 0.1) is 42.7 Å². The third kappa shape index (κ3) is 5.11. The topological polar surface area (TPSA) is 110 Å². The number of ketones is 1. The highest BCUT2D eigenvalue weighted by atomic mass is 35.5. The number of carbonyl (C=O) groups excluding carboxylic acids is 1. The van der Waals surface area contributed by atoms with E-state index in [-0.39, 0.29) is 12.2 Å². The number of methoxy groups -OCH3 is 2. The van der Waals surface area contributed by atoms with Crippen molar-refractivity contribution in [2.75, 3.05) is 20.8 Å². The van der Waals surface area contributed by atoms with Gasteiger partial charge in [-0.25, -0.2) is 0 Å². The van der Waals surface area contributed by atoms with Crippen LogP contribution in [0.4, 0.5) is 0 Å². The molecule has 0 saturated heterocycles. The summed E-state index contributed by atoms with van der Waals surface area (Å²) in [6.07, 6.45) is 3.66. The molecule has 0 spiro atoms. The van der Waals surface area contributed by atoms with E-state index in [0.29, 0.717) is 40.5 Å². The molecule has 35 heavy (non-hydrogen) atoms. The van der Waals surface area contributed by atoms with E-state index < -0.39 is 11.6 Å². The molecule has 1 atom stereocenters. The molecule has 8 nitrogen and oxygen atoms in total.